The fourth-order valence-electron chi connectivity index (χ4n) is 1.45. The third kappa shape index (κ3) is 6.01. The number of carbonyl (C=O) groups is 2. The first kappa shape index (κ1) is 15.2. The summed E-state index contributed by atoms with van der Waals surface area (Å²) < 4.78 is 9.82. The highest BCUT2D eigenvalue weighted by Gasteiger charge is 2.16. The van der Waals surface area contributed by atoms with Crippen molar-refractivity contribution in [2.75, 3.05) is 6.61 Å². The van der Waals surface area contributed by atoms with Crippen LogP contribution in [0.5, 0.6) is 0 Å². The first-order valence-corrected chi connectivity index (χ1v) is 6.25. The number of carbonyl (C=O) groups excluding carboxylic acids is 2. The van der Waals surface area contributed by atoms with Crippen LogP contribution in [0.15, 0.2) is 30.3 Å². The zero-order valence-corrected chi connectivity index (χ0v) is 11.0. The highest BCUT2D eigenvalue weighted by Crippen LogP contribution is 2.04. The summed E-state index contributed by atoms with van der Waals surface area (Å²) in [6.45, 7) is 2.22. The quantitative estimate of drug-likeness (QED) is 0.754. The summed E-state index contributed by atoms with van der Waals surface area (Å²) in [6.07, 6.45) is 0.333. The van der Waals surface area contributed by atoms with Gasteiger partial charge < -0.3 is 15.2 Å². The first-order chi connectivity index (χ1) is 9.13. The Morgan fingerprint density at radius 2 is 1.89 bits per heavy atom. The van der Waals surface area contributed by atoms with Crippen LogP contribution in [0.1, 0.15) is 25.3 Å². The molecule has 1 aromatic carbocycles. The van der Waals surface area contributed by atoms with Gasteiger partial charge in [0.05, 0.1) is 6.61 Å². The molecule has 2 N–H and O–H groups in total. The Kier molecular flexibility index (Phi) is 6.60. The number of hydrogen-bond donors (Lipinski definition) is 1. The van der Waals surface area contributed by atoms with Gasteiger partial charge in [-0.2, -0.15) is 0 Å². The van der Waals surface area contributed by atoms with Gasteiger partial charge in [-0.3, -0.25) is 9.59 Å². The molecule has 0 heterocycles. The summed E-state index contributed by atoms with van der Waals surface area (Å²) in [5, 5.41) is 0. The van der Waals surface area contributed by atoms with Crippen molar-refractivity contribution in [1.82, 2.24) is 0 Å². The third-order valence-corrected chi connectivity index (χ3v) is 2.49. The molecule has 0 aromatic heterocycles. The van der Waals surface area contributed by atoms with Crippen molar-refractivity contribution in [3.05, 3.63) is 35.9 Å². The molecule has 0 bridgehead atoms. The smallest absolute Gasteiger partial charge is 0.322 e. The third-order valence-electron chi connectivity index (χ3n) is 2.49. The summed E-state index contributed by atoms with van der Waals surface area (Å²) in [7, 11) is 0. The highest BCUT2D eigenvalue weighted by molar-refractivity contribution is 5.77. The predicted octanol–water partition coefficient (Wildman–Crippen LogP) is 1.40. The zero-order chi connectivity index (χ0) is 14.1. The number of ether oxygens (including phenoxy) is 2. The minimum absolute atomic E-state index is 0.104. The van der Waals surface area contributed by atoms with E-state index in [-0.39, 0.29) is 32.0 Å². The van der Waals surface area contributed by atoms with Crippen LogP contribution in [-0.2, 0) is 25.7 Å². The molecule has 0 radical (unpaired) electrons. The van der Waals surface area contributed by atoms with E-state index in [9.17, 15) is 9.59 Å². The largest absolute Gasteiger partial charge is 0.465 e. The average Bonchev–Trinajstić information content (AvgIpc) is 2.43. The van der Waals surface area contributed by atoms with Crippen molar-refractivity contribution in [2.24, 2.45) is 5.73 Å². The van der Waals surface area contributed by atoms with E-state index in [1.807, 2.05) is 30.3 Å². The summed E-state index contributed by atoms with van der Waals surface area (Å²) in [5.41, 5.74) is 6.50. The number of rotatable bonds is 7. The Morgan fingerprint density at radius 1 is 1.21 bits per heavy atom. The number of nitrogens with two attached hydrogens (primary N) is 1. The Bertz CT molecular complexity index is 405. The molecule has 1 atom stereocenters. The molecule has 0 amide bonds. The Balaban J connectivity index is 2.23. The van der Waals surface area contributed by atoms with Gasteiger partial charge in [0.1, 0.15) is 12.6 Å². The monoisotopic (exact) mass is 265 g/mol. The van der Waals surface area contributed by atoms with Gasteiger partial charge >= 0.3 is 11.9 Å². The lowest BCUT2D eigenvalue weighted by Gasteiger charge is -2.10. The van der Waals surface area contributed by atoms with Crippen molar-refractivity contribution in [2.45, 2.75) is 32.4 Å². The van der Waals surface area contributed by atoms with Crippen LogP contribution < -0.4 is 5.73 Å². The maximum Gasteiger partial charge on any atom is 0.322 e. The molecule has 104 valence electrons. The molecule has 0 aliphatic carbocycles. The van der Waals surface area contributed by atoms with E-state index >= 15 is 0 Å². The topological polar surface area (TPSA) is 78.6 Å². The van der Waals surface area contributed by atoms with Crippen molar-refractivity contribution in [3.63, 3.8) is 0 Å². The molecular formula is C14H19NO4. The summed E-state index contributed by atoms with van der Waals surface area (Å²) >= 11 is 0. The van der Waals surface area contributed by atoms with Crippen LogP contribution in [-0.4, -0.2) is 24.6 Å². The van der Waals surface area contributed by atoms with Gasteiger partial charge in [0.15, 0.2) is 0 Å². The lowest BCUT2D eigenvalue weighted by atomic mass is 10.2. The molecule has 0 aliphatic heterocycles. The molecule has 19 heavy (non-hydrogen) atoms. The number of esters is 2. The minimum Gasteiger partial charge on any atom is -0.465 e. The van der Waals surface area contributed by atoms with Gasteiger partial charge in [-0.25, -0.2) is 0 Å². The number of benzene rings is 1. The molecule has 0 fully saturated rings. The van der Waals surface area contributed by atoms with Crippen LogP contribution in [0.25, 0.3) is 0 Å². The molecule has 1 aromatic rings. The summed E-state index contributed by atoms with van der Waals surface area (Å²) in [4.78, 5) is 22.7. The second-order valence-corrected chi connectivity index (χ2v) is 4.04. The molecule has 5 nitrogen and oxygen atoms in total. The van der Waals surface area contributed by atoms with Crippen molar-refractivity contribution in [1.29, 1.82) is 0 Å². The van der Waals surface area contributed by atoms with E-state index in [1.54, 1.807) is 6.92 Å². The SMILES string of the molecule is CCOC(=O)[C@@H](N)CCC(=O)OCc1ccccc1. The van der Waals surface area contributed by atoms with Gasteiger partial charge in [0, 0.05) is 6.42 Å². The maximum absolute atomic E-state index is 11.5. The van der Waals surface area contributed by atoms with Crippen molar-refractivity contribution >= 4 is 11.9 Å². The molecule has 1 rings (SSSR count). The molecule has 0 spiro atoms. The molecule has 0 saturated heterocycles. The summed E-state index contributed by atoms with van der Waals surface area (Å²) in [5.74, 6) is -0.859. The molecule has 0 saturated carbocycles. The van der Waals surface area contributed by atoms with E-state index in [2.05, 4.69) is 0 Å². The van der Waals surface area contributed by atoms with E-state index in [0.29, 0.717) is 0 Å². The predicted molar refractivity (Wildman–Crippen MR) is 70.1 cm³/mol. The number of hydrogen-bond acceptors (Lipinski definition) is 5. The van der Waals surface area contributed by atoms with Gasteiger partial charge in [0.25, 0.3) is 0 Å². The lowest BCUT2D eigenvalue weighted by molar-refractivity contribution is -0.147. The van der Waals surface area contributed by atoms with Gasteiger partial charge in [-0.1, -0.05) is 30.3 Å². The van der Waals surface area contributed by atoms with Crippen LogP contribution in [0.3, 0.4) is 0 Å². The second-order valence-electron chi connectivity index (χ2n) is 4.04. The van der Waals surface area contributed by atoms with Crippen LogP contribution in [0.4, 0.5) is 0 Å². The Morgan fingerprint density at radius 3 is 2.53 bits per heavy atom. The normalized spacial score (nSPS) is 11.7. The Labute approximate surface area is 112 Å². The molecule has 0 aliphatic rings. The second kappa shape index (κ2) is 8.26. The zero-order valence-electron chi connectivity index (χ0n) is 11.0. The van der Waals surface area contributed by atoms with Crippen molar-refractivity contribution < 1.29 is 19.1 Å². The van der Waals surface area contributed by atoms with Gasteiger partial charge in [0.2, 0.25) is 0 Å². The fourth-order valence-corrected chi connectivity index (χ4v) is 1.45. The maximum atomic E-state index is 11.5. The van der Waals surface area contributed by atoms with Crippen LogP contribution in [0.2, 0.25) is 0 Å². The standard InChI is InChI=1S/C14H19NO4/c1-2-18-14(17)12(15)8-9-13(16)19-10-11-6-4-3-5-7-11/h3-7,12H,2,8-10,15H2,1H3/t12-/m0/s1. The Hall–Kier alpha value is -1.88. The van der Waals surface area contributed by atoms with E-state index in [1.165, 1.54) is 0 Å². The highest BCUT2D eigenvalue weighted by atomic mass is 16.5. The van der Waals surface area contributed by atoms with Gasteiger partial charge in [-0.15, -0.1) is 0 Å². The van der Waals surface area contributed by atoms with E-state index in [0.717, 1.165) is 5.56 Å². The van der Waals surface area contributed by atoms with Crippen LogP contribution >= 0.6 is 0 Å². The van der Waals surface area contributed by atoms with Crippen LogP contribution in [0, 0.1) is 0 Å². The lowest BCUT2D eigenvalue weighted by Crippen LogP contribution is -2.32. The van der Waals surface area contributed by atoms with E-state index in [4.69, 9.17) is 15.2 Å². The molecule has 5 heteroatoms. The summed E-state index contributed by atoms with van der Waals surface area (Å²) in [6, 6.07) is 8.61. The first-order valence-electron chi connectivity index (χ1n) is 6.25. The molecule has 0 unspecified atom stereocenters. The van der Waals surface area contributed by atoms with Gasteiger partial charge in [-0.05, 0) is 18.9 Å². The average molecular weight is 265 g/mol. The van der Waals surface area contributed by atoms with E-state index < -0.39 is 12.0 Å². The molecular weight excluding hydrogens is 246 g/mol. The fraction of sp³-hybridized carbons (Fsp3) is 0.429. The minimum atomic E-state index is -0.774. The van der Waals surface area contributed by atoms with Crippen molar-refractivity contribution in [3.8, 4) is 0 Å².